The average molecular weight is 463 g/mol. The van der Waals surface area contributed by atoms with E-state index in [2.05, 4.69) is 5.32 Å². The number of hydrogen-bond donors (Lipinski definition) is 1. The van der Waals surface area contributed by atoms with E-state index in [1.54, 1.807) is 77.4 Å². The summed E-state index contributed by atoms with van der Waals surface area (Å²) < 4.78 is 32.7. The monoisotopic (exact) mass is 462 g/mol. The Hall–Kier alpha value is -3.91. The van der Waals surface area contributed by atoms with Gasteiger partial charge in [0.1, 0.15) is 6.54 Å². The quantitative estimate of drug-likeness (QED) is 0.418. The minimum Gasteiger partial charge on any atom is -0.465 e. The summed E-state index contributed by atoms with van der Waals surface area (Å²) in [5, 5.41) is 3.27. The number of amides is 1. The number of anilines is 1. The fraction of sp³-hybridized carbons (Fsp3) is 0.120. The van der Waals surface area contributed by atoms with Crippen LogP contribution >= 0.6 is 0 Å². The molecule has 0 aliphatic carbocycles. The van der Waals surface area contributed by atoms with E-state index in [4.69, 9.17) is 4.74 Å². The second kappa shape index (κ2) is 9.30. The predicted molar refractivity (Wildman–Crippen MR) is 126 cm³/mol. The Bertz CT molecular complexity index is 1430. The molecule has 1 N–H and O–H groups in total. The van der Waals surface area contributed by atoms with Gasteiger partial charge in [-0.1, -0.05) is 60.7 Å². The van der Waals surface area contributed by atoms with Crippen molar-refractivity contribution >= 4 is 38.3 Å². The molecular formula is C25H22N2O5S. The van der Waals surface area contributed by atoms with Gasteiger partial charge in [0.15, 0.2) is 9.84 Å². The zero-order valence-corrected chi connectivity index (χ0v) is 18.7. The highest BCUT2D eigenvalue weighted by molar-refractivity contribution is 7.90. The van der Waals surface area contributed by atoms with E-state index in [0.29, 0.717) is 22.2 Å². The van der Waals surface area contributed by atoms with Gasteiger partial charge in [-0.25, -0.2) is 13.2 Å². The average Bonchev–Trinajstić information content (AvgIpc) is 3.18. The number of nitrogens with zero attached hydrogens (tertiary/aromatic N) is 1. The van der Waals surface area contributed by atoms with Crippen LogP contribution in [0.4, 0.5) is 5.69 Å². The number of ether oxygens (including phenoxy) is 1. The predicted octanol–water partition coefficient (Wildman–Crippen LogP) is 4.04. The van der Waals surface area contributed by atoms with Crippen molar-refractivity contribution in [3.05, 3.63) is 96.2 Å². The van der Waals surface area contributed by atoms with Gasteiger partial charge in [-0.2, -0.15) is 0 Å². The van der Waals surface area contributed by atoms with E-state index in [1.165, 1.54) is 13.3 Å². The zero-order chi connectivity index (χ0) is 23.4. The molecule has 0 atom stereocenters. The molecular weight excluding hydrogens is 440 g/mol. The van der Waals surface area contributed by atoms with Crippen molar-refractivity contribution in [2.45, 2.75) is 17.2 Å². The number of benzene rings is 3. The van der Waals surface area contributed by atoms with Crippen molar-refractivity contribution in [1.29, 1.82) is 0 Å². The summed E-state index contributed by atoms with van der Waals surface area (Å²) in [6, 6.07) is 22.5. The van der Waals surface area contributed by atoms with Crippen LogP contribution in [0.25, 0.3) is 10.9 Å². The maximum absolute atomic E-state index is 13.2. The third-order valence-electron chi connectivity index (χ3n) is 5.21. The molecule has 1 amide bonds. The number of hydrogen-bond acceptors (Lipinski definition) is 5. The first-order chi connectivity index (χ1) is 15.9. The summed E-state index contributed by atoms with van der Waals surface area (Å²) >= 11 is 0. The summed E-state index contributed by atoms with van der Waals surface area (Å²) in [4.78, 5) is 24.9. The Morgan fingerprint density at radius 2 is 1.58 bits per heavy atom. The third-order valence-corrected chi connectivity index (χ3v) is 6.92. The maximum Gasteiger partial charge on any atom is 0.339 e. The largest absolute Gasteiger partial charge is 0.465 e. The SMILES string of the molecule is COC(=O)c1ccccc1NC(=O)Cn1cc(S(=O)(=O)Cc2ccccc2)c2ccccc21. The van der Waals surface area contributed by atoms with Gasteiger partial charge in [0.2, 0.25) is 5.91 Å². The molecule has 0 radical (unpaired) electrons. The van der Waals surface area contributed by atoms with Crippen LogP contribution in [0.2, 0.25) is 0 Å². The van der Waals surface area contributed by atoms with Gasteiger partial charge in [0, 0.05) is 17.1 Å². The number of rotatable bonds is 7. The molecule has 7 nitrogen and oxygen atoms in total. The van der Waals surface area contributed by atoms with Crippen LogP contribution < -0.4 is 5.32 Å². The number of carbonyl (C=O) groups is 2. The zero-order valence-electron chi connectivity index (χ0n) is 17.9. The maximum atomic E-state index is 13.2. The first kappa shape index (κ1) is 22.3. The van der Waals surface area contributed by atoms with Crippen LogP contribution in [0.15, 0.2) is 90.0 Å². The third kappa shape index (κ3) is 4.80. The lowest BCUT2D eigenvalue weighted by Gasteiger charge is -2.10. The minimum atomic E-state index is -3.65. The van der Waals surface area contributed by atoms with Crippen molar-refractivity contribution in [3.8, 4) is 0 Å². The lowest BCUT2D eigenvalue weighted by Crippen LogP contribution is -2.20. The molecule has 0 unspecified atom stereocenters. The molecule has 1 heterocycles. The fourth-order valence-electron chi connectivity index (χ4n) is 3.69. The number of esters is 1. The molecule has 8 heteroatoms. The molecule has 0 spiro atoms. The highest BCUT2D eigenvalue weighted by Crippen LogP contribution is 2.28. The molecule has 1 aromatic heterocycles. The molecule has 4 aromatic rings. The second-order valence-corrected chi connectivity index (χ2v) is 9.43. The minimum absolute atomic E-state index is 0.128. The van der Waals surface area contributed by atoms with E-state index in [-0.39, 0.29) is 22.8 Å². The van der Waals surface area contributed by atoms with E-state index < -0.39 is 21.7 Å². The molecule has 3 aromatic carbocycles. The molecule has 0 saturated carbocycles. The van der Waals surface area contributed by atoms with Crippen LogP contribution in [0, 0.1) is 0 Å². The van der Waals surface area contributed by atoms with Crippen molar-refractivity contribution in [2.75, 3.05) is 12.4 Å². The smallest absolute Gasteiger partial charge is 0.339 e. The number of carbonyl (C=O) groups excluding carboxylic acids is 2. The fourth-order valence-corrected chi connectivity index (χ4v) is 5.27. The summed E-state index contributed by atoms with van der Waals surface area (Å²) in [7, 11) is -2.38. The Labute approximate surface area is 191 Å². The van der Waals surface area contributed by atoms with Gasteiger partial charge < -0.3 is 14.6 Å². The van der Waals surface area contributed by atoms with Crippen molar-refractivity contribution in [2.24, 2.45) is 0 Å². The molecule has 0 aliphatic rings. The van der Waals surface area contributed by atoms with Crippen LogP contribution in [-0.4, -0.2) is 32.0 Å². The van der Waals surface area contributed by atoms with Crippen LogP contribution in [0.5, 0.6) is 0 Å². The Balaban J connectivity index is 1.64. The van der Waals surface area contributed by atoms with Crippen molar-refractivity contribution < 1.29 is 22.7 Å². The molecule has 0 aliphatic heterocycles. The summed E-state index contributed by atoms with van der Waals surface area (Å²) in [5.74, 6) is -1.11. The lowest BCUT2D eigenvalue weighted by molar-refractivity contribution is -0.116. The normalized spacial score (nSPS) is 11.3. The molecule has 0 bridgehead atoms. The van der Waals surface area contributed by atoms with Crippen molar-refractivity contribution in [1.82, 2.24) is 4.57 Å². The number of fused-ring (bicyclic) bond motifs is 1. The number of para-hydroxylation sites is 2. The van der Waals surface area contributed by atoms with Gasteiger partial charge in [0.05, 0.1) is 29.0 Å². The number of aromatic nitrogens is 1. The highest BCUT2D eigenvalue weighted by atomic mass is 32.2. The Kier molecular flexibility index (Phi) is 6.28. The molecule has 168 valence electrons. The van der Waals surface area contributed by atoms with Crippen LogP contribution in [-0.2, 0) is 31.7 Å². The van der Waals surface area contributed by atoms with E-state index in [9.17, 15) is 18.0 Å². The molecule has 0 fully saturated rings. The topological polar surface area (TPSA) is 94.5 Å². The number of methoxy groups -OCH3 is 1. The summed E-state index contributed by atoms with van der Waals surface area (Å²) in [6.07, 6.45) is 1.49. The number of nitrogens with one attached hydrogen (secondary N) is 1. The number of sulfone groups is 1. The van der Waals surface area contributed by atoms with Crippen LogP contribution in [0.3, 0.4) is 0 Å². The highest BCUT2D eigenvalue weighted by Gasteiger charge is 2.22. The standard InChI is InChI=1S/C25H22N2O5S/c1-32-25(29)19-11-5-7-13-21(19)26-24(28)16-27-15-23(20-12-6-8-14-22(20)27)33(30,31)17-18-9-3-2-4-10-18/h2-15H,16-17H2,1H3,(H,26,28). The van der Waals surface area contributed by atoms with E-state index >= 15 is 0 Å². The second-order valence-electron chi connectivity index (χ2n) is 7.47. The summed E-state index contributed by atoms with van der Waals surface area (Å²) in [5.41, 5.74) is 1.87. The van der Waals surface area contributed by atoms with Gasteiger partial charge in [0.25, 0.3) is 0 Å². The van der Waals surface area contributed by atoms with E-state index in [1.807, 2.05) is 6.07 Å². The van der Waals surface area contributed by atoms with Gasteiger partial charge in [-0.05, 0) is 23.8 Å². The van der Waals surface area contributed by atoms with Gasteiger partial charge >= 0.3 is 5.97 Å². The first-order valence-corrected chi connectivity index (χ1v) is 11.9. The molecule has 4 rings (SSSR count). The van der Waals surface area contributed by atoms with Gasteiger partial charge in [-0.3, -0.25) is 4.79 Å². The van der Waals surface area contributed by atoms with Crippen LogP contribution in [0.1, 0.15) is 15.9 Å². The Morgan fingerprint density at radius 3 is 2.33 bits per heavy atom. The Morgan fingerprint density at radius 1 is 0.909 bits per heavy atom. The van der Waals surface area contributed by atoms with E-state index in [0.717, 1.165) is 0 Å². The molecule has 33 heavy (non-hydrogen) atoms. The molecule has 0 saturated heterocycles. The van der Waals surface area contributed by atoms with Crippen molar-refractivity contribution in [3.63, 3.8) is 0 Å². The lowest BCUT2D eigenvalue weighted by atomic mass is 10.2. The summed E-state index contributed by atoms with van der Waals surface area (Å²) in [6.45, 7) is -0.128. The van der Waals surface area contributed by atoms with Gasteiger partial charge in [-0.15, -0.1) is 0 Å². The first-order valence-electron chi connectivity index (χ1n) is 10.2.